The van der Waals surface area contributed by atoms with Crippen LogP contribution in [0.15, 0.2) is 45.6 Å². The van der Waals surface area contributed by atoms with E-state index < -0.39 is 26.8 Å². The van der Waals surface area contributed by atoms with E-state index in [9.17, 15) is 25.0 Å². The second-order valence-electron chi connectivity index (χ2n) is 6.22. The summed E-state index contributed by atoms with van der Waals surface area (Å²) in [7, 11) is 0. The van der Waals surface area contributed by atoms with Crippen LogP contribution in [-0.2, 0) is 0 Å². The number of para-hydroxylation sites is 1. The van der Waals surface area contributed by atoms with Crippen LogP contribution in [0, 0.1) is 20.2 Å². The lowest BCUT2D eigenvalue weighted by atomic mass is 10.0. The van der Waals surface area contributed by atoms with Crippen molar-refractivity contribution in [1.82, 2.24) is 0 Å². The van der Waals surface area contributed by atoms with Crippen molar-refractivity contribution in [2.24, 2.45) is 0 Å². The molecule has 0 atom stereocenters. The molecule has 150 valence electrons. The summed E-state index contributed by atoms with van der Waals surface area (Å²) in [6, 6.07) is 8.63. The number of nitro benzene ring substituents is 2. The van der Waals surface area contributed by atoms with Crippen molar-refractivity contribution < 1.29 is 14.3 Å². The van der Waals surface area contributed by atoms with Crippen LogP contribution in [-0.4, -0.2) is 22.9 Å². The van der Waals surface area contributed by atoms with Gasteiger partial charge in [0.2, 0.25) is 0 Å². The van der Waals surface area contributed by atoms with Gasteiger partial charge < -0.3 is 15.1 Å². The van der Waals surface area contributed by atoms with Gasteiger partial charge in [0.25, 0.3) is 0 Å². The minimum atomic E-state index is -0.907. The second-order valence-corrected chi connectivity index (χ2v) is 6.22. The van der Waals surface area contributed by atoms with E-state index in [-0.39, 0.29) is 22.4 Å². The Morgan fingerprint density at radius 3 is 2.34 bits per heavy atom. The number of rotatable bonds is 6. The summed E-state index contributed by atoms with van der Waals surface area (Å²) in [5.74, 6) is 0. The van der Waals surface area contributed by atoms with Crippen molar-refractivity contribution in [3.8, 4) is 11.1 Å². The molecule has 0 aliphatic rings. The highest BCUT2D eigenvalue weighted by atomic mass is 16.6. The number of hydrogen-bond donors (Lipinski definition) is 1. The van der Waals surface area contributed by atoms with Gasteiger partial charge in [0.15, 0.2) is 0 Å². The molecule has 0 aliphatic heterocycles. The van der Waals surface area contributed by atoms with Gasteiger partial charge in [-0.05, 0) is 32.0 Å². The number of anilines is 2. The van der Waals surface area contributed by atoms with E-state index in [1.807, 2.05) is 13.8 Å². The van der Waals surface area contributed by atoms with Gasteiger partial charge in [0, 0.05) is 36.3 Å². The standard InChI is InChI=1S/C19H18N4O6/c1-3-21(4-2)11-8-9-12-15(10-11)29-19(24)16(17(12)20)13-6-5-7-14(22(25)26)18(13)23(27)28/h5-10H,3-4,20H2,1-2H3. The molecule has 0 radical (unpaired) electrons. The zero-order chi connectivity index (χ0) is 21.3. The topological polar surface area (TPSA) is 146 Å². The van der Waals surface area contributed by atoms with Gasteiger partial charge in [-0.15, -0.1) is 0 Å². The molecule has 0 unspecified atom stereocenters. The average molecular weight is 398 g/mol. The number of nitro groups is 2. The largest absolute Gasteiger partial charge is 0.422 e. The van der Waals surface area contributed by atoms with E-state index in [1.54, 1.807) is 18.2 Å². The minimum absolute atomic E-state index is 0.0362. The maximum atomic E-state index is 12.7. The van der Waals surface area contributed by atoms with Crippen molar-refractivity contribution in [2.75, 3.05) is 23.7 Å². The van der Waals surface area contributed by atoms with E-state index in [2.05, 4.69) is 4.90 Å². The summed E-state index contributed by atoms with van der Waals surface area (Å²) in [6.45, 7) is 5.48. The Kier molecular flexibility index (Phi) is 5.18. The molecule has 0 amide bonds. The molecule has 10 nitrogen and oxygen atoms in total. The van der Waals surface area contributed by atoms with Gasteiger partial charge in [-0.25, -0.2) is 4.79 Å². The molecule has 0 saturated heterocycles. The summed E-state index contributed by atoms with van der Waals surface area (Å²) < 4.78 is 5.39. The first-order chi connectivity index (χ1) is 13.8. The fraction of sp³-hybridized carbons (Fsp3) is 0.211. The zero-order valence-corrected chi connectivity index (χ0v) is 15.7. The molecule has 2 N–H and O–H groups in total. The Morgan fingerprint density at radius 2 is 1.76 bits per heavy atom. The molecule has 1 aromatic heterocycles. The minimum Gasteiger partial charge on any atom is -0.422 e. The van der Waals surface area contributed by atoms with E-state index in [0.29, 0.717) is 5.39 Å². The van der Waals surface area contributed by atoms with E-state index in [0.717, 1.165) is 24.8 Å². The molecular formula is C19H18N4O6. The lowest BCUT2D eigenvalue weighted by Gasteiger charge is -2.21. The van der Waals surface area contributed by atoms with Crippen molar-refractivity contribution in [3.63, 3.8) is 0 Å². The van der Waals surface area contributed by atoms with Gasteiger partial charge >= 0.3 is 17.0 Å². The Morgan fingerprint density at radius 1 is 1.07 bits per heavy atom. The van der Waals surface area contributed by atoms with Crippen molar-refractivity contribution >= 4 is 33.7 Å². The number of nitrogens with two attached hydrogens (primary N) is 1. The van der Waals surface area contributed by atoms with Crippen LogP contribution >= 0.6 is 0 Å². The predicted molar refractivity (Wildman–Crippen MR) is 109 cm³/mol. The molecule has 0 bridgehead atoms. The Balaban J connectivity index is 2.32. The lowest BCUT2D eigenvalue weighted by molar-refractivity contribution is -0.422. The van der Waals surface area contributed by atoms with Crippen LogP contribution in [0.5, 0.6) is 0 Å². The van der Waals surface area contributed by atoms with Crippen LogP contribution in [0.2, 0.25) is 0 Å². The van der Waals surface area contributed by atoms with E-state index in [4.69, 9.17) is 10.2 Å². The quantitative estimate of drug-likeness (QED) is 0.376. The normalized spacial score (nSPS) is 10.8. The second kappa shape index (κ2) is 7.58. The molecule has 0 spiro atoms. The van der Waals surface area contributed by atoms with Gasteiger partial charge in [0.05, 0.1) is 26.7 Å². The highest BCUT2D eigenvalue weighted by Gasteiger charge is 2.31. The molecule has 3 aromatic rings. The zero-order valence-electron chi connectivity index (χ0n) is 15.7. The molecule has 29 heavy (non-hydrogen) atoms. The smallest absolute Gasteiger partial charge is 0.354 e. The molecule has 0 aliphatic carbocycles. The van der Waals surface area contributed by atoms with Crippen LogP contribution in [0.3, 0.4) is 0 Å². The molecule has 1 heterocycles. The first kappa shape index (κ1) is 19.8. The fourth-order valence-electron chi connectivity index (χ4n) is 3.33. The van der Waals surface area contributed by atoms with Crippen molar-refractivity contribution in [2.45, 2.75) is 13.8 Å². The molecule has 3 rings (SSSR count). The third-order valence-electron chi connectivity index (χ3n) is 4.72. The maximum absolute atomic E-state index is 12.7. The molecule has 0 fully saturated rings. The molecule has 2 aromatic carbocycles. The Bertz CT molecular complexity index is 1180. The number of fused-ring (bicyclic) bond motifs is 1. The average Bonchev–Trinajstić information content (AvgIpc) is 2.68. The summed E-state index contributed by atoms with van der Waals surface area (Å²) in [6.07, 6.45) is 0. The Labute approximate surface area is 164 Å². The first-order valence-electron chi connectivity index (χ1n) is 8.83. The molecular weight excluding hydrogens is 380 g/mol. The van der Waals surface area contributed by atoms with Crippen LogP contribution in [0.4, 0.5) is 22.7 Å². The first-order valence-corrected chi connectivity index (χ1v) is 8.83. The van der Waals surface area contributed by atoms with Gasteiger partial charge in [-0.1, -0.05) is 6.07 Å². The van der Waals surface area contributed by atoms with Gasteiger partial charge in [-0.2, -0.15) is 0 Å². The predicted octanol–water partition coefficient (Wildman–Crippen LogP) is 3.70. The fourth-order valence-corrected chi connectivity index (χ4v) is 3.33. The van der Waals surface area contributed by atoms with Crippen molar-refractivity contribution in [1.29, 1.82) is 0 Å². The van der Waals surface area contributed by atoms with Crippen LogP contribution in [0.1, 0.15) is 13.8 Å². The number of nitrogens with zero attached hydrogens (tertiary/aromatic N) is 3. The highest BCUT2D eigenvalue weighted by Crippen LogP contribution is 2.40. The lowest BCUT2D eigenvalue weighted by Crippen LogP contribution is -2.21. The van der Waals surface area contributed by atoms with E-state index in [1.165, 1.54) is 12.1 Å². The van der Waals surface area contributed by atoms with Crippen LogP contribution < -0.4 is 16.3 Å². The Hall–Kier alpha value is -3.95. The molecule has 10 heteroatoms. The molecule has 0 saturated carbocycles. The number of hydrogen-bond acceptors (Lipinski definition) is 8. The summed E-state index contributed by atoms with van der Waals surface area (Å²) >= 11 is 0. The highest BCUT2D eigenvalue weighted by molar-refractivity contribution is 5.99. The monoisotopic (exact) mass is 398 g/mol. The SMILES string of the molecule is CCN(CC)c1ccc2c(N)c(-c3cccc([N+](=O)[O-])c3[N+](=O)[O-])c(=O)oc2c1. The third kappa shape index (κ3) is 3.35. The summed E-state index contributed by atoms with van der Waals surface area (Å²) in [5.41, 5.74) is 4.22. The summed E-state index contributed by atoms with van der Waals surface area (Å²) in [5, 5.41) is 23.1. The van der Waals surface area contributed by atoms with Gasteiger partial charge in [-0.3, -0.25) is 20.2 Å². The van der Waals surface area contributed by atoms with Gasteiger partial charge in [0.1, 0.15) is 5.58 Å². The summed E-state index contributed by atoms with van der Waals surface area (Å²) in [4.78, 5) is 35.7. The van der Waals surface area contributed by atoms with Crippen LogP contribution in [0.25, 0.3) is 22.1 Å². The maximum Gasteiger partial charge on any atom is 0.354 e. The third-order valence-corrected chi connectivity index (χ3v) is 4.72. The van der Waals surface area contributed by atoms with E-state index >= 15 is 0 Å². The number of benzene rings is 2. The van der Waals surface area contributed by atoms with Crippen molar-refractivity contribution in [3.05, 3.63) is 67.0 Å². The number of nitrogen functional groups attached to an aromatic ring is 1.